The summed E-state index contributed by atoms with van der Waals surface area (Å²) in [5, 5.41) is 2.31. The van der Waals surface area contributed by atoms with Crippen LogP contribution in [0.4, 0.5) is 8.78 Å². The Morgan fingerprint density at radius 1 is 1.21 bits per heavy atom. The molecule has 2 amide bonds. The summed E-state index contributed by atoms with van der Waals surface area (Å²) in [6.45, 7) is -2.21. The van der Waals surface area contributed by atoms with E-state index in [2.05, 4.69) is 10.1 Å². The van der Waals surface area contributed by atoms with Crippen molar-refractivity contribution >= 4 is 17.8 Å². The number of carbonyl (C=O) groups excluding carboxylic acids is 3. The number of benzene rings is 1. The van der Waals surface area contributed by atoms with Crippen molar-refractivity contribution in [3.8, 4) is 11.5 Å². The Balaban J connectivity index is 1.80. The predicted molar refractivity (Wildman–Crippen MR) is 90.3 cm³/mol. The number of amides is 2. The number of hydrogen-bond acceptors (Lipinski definition) is 7. The van der Waals surface area contributed by atoms with Crippen LogP contribution in [0.15, 0.2) is 18.2 Å². The highest BCUT2D eigenvalue weighted by atomic mass is 19.3. The van der Waals surface area contributed by atoms with Gasteiger partial charge in [-0.1, -0.05) is 0 Å². The Kier molecular flexibility index (Phi) is 7.93. The second-order valence-corrected chi connectivity index (χ2v) is 5.58. The van der Waals surface area contributed by atoms with E-state index in [0.29, 0.717) is 26.3 Å². The van der Waals surface area contributed by atoms with E-state index in [-0.39, 0.29) is 23.0 Å². The lowest BCUT2D eigenvalue weighted by atomic mass is 10.2. The molecule has 0 atom stereocenters. The van der Waals surface area contributed by atoms with Gasteiger partial charge >= 0.3 is 12.6 Å². The standard InChI is InChI=1S/C17H20F2N2O7/c1-25-13-8-11(2-3-12(13)28-17(18)19)16(24)20-9-15(23)27-10-14(22)21-4-6-26-7-5-21/h2-3,8,17H,4-7,9-10H2,1H3,(H,20,24). The van der Waals surface area contributed by atoms with Crippen molar-refractivity contribution < 1.29 is 42.1 Å². The summed E-state index contributed by atoms with van der Waals surface area (Å²) in [7, 11) is 1.23. The second-order valence-electron chi connectivity index (χ2n) is 5.58. The summed E-state index contributed by atoms with van der Waals surface area (Å²) in [5.41, 5.74) is 0.0654. The number of nitrogens with zero attached hydrogens (tertiary/aromatic N) is 1. The predicted octanol–water partition coefficient (Wildman–Crippen LogP) is 0.428. The lowest BCUT2D eigenvalue weighted by Gasteiger charge is -2.26. The molecule has 0 bridgehead atoms. The first-order valence-electron chi connectivity index (χ1n) is 8.33. The van der Waals surface area contributed by atoms with Gasteiger partial charge in [0.15, 0.2) is 18.1 Å². The quantitative estimate of drug-likeness (QED) is 0.629. The van der Waals surface area contributed by atoms with Crippen LogP contribution >= 0.6 is 0 Å². The fourth-order valence-electron chi connectivity index (χ4n) is 2.35. The number of morpholine rings is 1. The Labute approximate surface area is 159 Å². The van der Waals surface area contributed by atoms with Crippen LogP contribution in [-0.4, -0.2) is 75.9 Å². The van der Waals surface area contributed by atoms with Gasteiger partial charge in [-0.05, 0) is 18.2 Å². The van der Waals surface area contributed by atoms with E-state index in [1.807, 2.05) is 0 Å². The molecule has 1 aliphatic heterocycles. The highest BCUT2D eigenvalue weighted by Gasteiger charge is 2.19. The van der Waals surface area contributed by atoms with Gasteiger partial charge in [0.25, 0.3) is 11.8 Å². The molecular weight excluding hydrogens is 382 g/mol. The van der Waals surface area contributed by atoms with Gasteiger partial charge in [0, 0.05) is 18.7 Å². The van der Waals surface area contributed by atoms with Crippen LogP contribution in [0.3, 0.4) is 0 Å². The van der Waals surface area contributed by atoms with Crippen molar-refractivity contribution in [2.75, 3.05) is 46.6 Å². The van der Waals surface area contributed by atoms with Crippen molar-refractivity contribution in [1.82, 2.24) is 10.2 Å². The van der Waals surface area contributed by atoms with Gasteiger partial charge in [0.1, 0.15) is 6.54 Å². The Hall–Kier alpha value is -2.95. The monoisotopic (exact) mass is 402 g/mol. The number of alkyl halides is 2. The lowest BCUT2D eigenvalue weighted by Crippen LogP contribution is -2.43. The van der Waals surface area contributed by atoms with Crippen LogP contribution in [0.2, 0.25) is 0 Å². The average Bonchev–Trinajstić information content (AvgIpc) is 2.70. The number of carbonyl (C=O) groups is 3. The van der Waals surface area contributed by atoms with Crippen LogP contribution < -0.4 is 14.8 Å². The van der Waals surface area contributed by atoms with Gasteiger partial charge in [-0.25, -0.2) is 0 Å². The third-order valence-electron chi connectivity index (χ3n) is 3.76. The minimum atomic E-state index is -3.04. The zero-order valence-corrected chi connectivity index (χ0v) is 15.1. The van der Waals surface area contributed by atoms with Gasteiger partial charge in [-0.2, -0.15) is 8.78 Å². The molecule has 1 saturated heterocycles. The number of esters is 1. The number of hydrogen-bond donors (Lipinski definition) is 1. The van der Waals surface area contributed by atoms with E-state index in [1.165, 1.54) is 24.1 Å². The molecule has 0 spiro atoms. The molecule has 154 valence electrons. The number of rotatable bonds is 8. The van der Waals surface area contributed by atoms with Crippen LogP contribution in [0, 0.1) is 0 Å². The van der Waals surface area contributed by atoms with E-state index in [4.69, 9.17) is 14.2 Å². The molecule has 0 saturated carbocycles. The Morgan fingerprint density at radius 3 is 2.57 bits per heavy atom. The summed E-state index contributed by atoms with van der Waals surface area (Å²) >= 11 is 0. The molecule has 0 unspecified atom stereocenters. The second kappa shape index (κ2) is 10.4. The molecule has 1 aliphatic rings. The highest BCUT2D eigenvalue weighted by molar-refractivity contribution is 5.96. The van der Waals surface area contributed by atoms with Gasteiger partial charge < -0.3 is 29.2 Å². The smallest absolute Gasteiger partial charge is 0.387 e. The van der Waals surface area contributed by atoms with Crippen molar-refractivity contribution in [3.63, 3.8) is 0 Å². The average molecular weight is 402 g/mol. The van der Waals surface area contributed by atoms with Crippen molar-refractivity contribution in [2.24, 2.45) is 0 Å². The maximum Gasteiger partial charge on any atom is 0.387 e. The van der Waals surface area contributed by atoms with Gasteiger partial charge in [0.2, 0.25) is 0 Å². The minimum absolute atomic E-state index is 0.0633. The molecule has 0 aliphatic carbocycles. The first kappa shape index (κ1) is 21.4. The van der Waals surface area contributed by atoms with Crippen LogP contribution in [-0.2, 0) is 19.1 Å². The van der Waals surface area contributed by atoms with Gasteiger partial charge in [0.05, 0.1) is 20.3 Å². The molecule has 1 heterocycles. The normalized spacial score (nSPS) is 13.8. The molecule has 1 aromatic rings. The number of ether oxygens (including phenoxy) is 4. The van der Waals surface area contributed by atoms with Crippen LogP contribution in [0.5, 0.6) is 11.5 Å². The fraction of sp³-hybridized carbons (Fsp3) is 0.471. The number of halogens is 2. The maximum absolute atomic E-state index is 12.3. The Bertz CT molecular complexity index is 709. The first-order chi connectivity index (χ1) is 13.4. The molecule has 11 heteroatoms. The molecular formula is C17H20F2N2O7. The lowest BCUT2D eigenvalue weighted by molar-refractivity contribution is -0.152. The molecule has 0 aromatic heterocycles. The largest absolute Gasteiger partial charge is 0.493 e. The van der Waals surface area contributed by atoms with Crippen molar-refractivity contribution in [2.45, 2.75) is 6.61 Å². The molecule has 1 N–H and O–H groups in total. The van der Waals surface area contributed by atoms with Crippen LogP contribution in [0.25, 0.3) is 0 Å². The third-order valence-corrected chi connectivity index (χ3v) is 3.76. The summed E-state index contributed by atoms with van der Waals surface area (Å²) in [6.07, 6.45) is 0. The number of methoxy groups -OCH3 is 1. The van der Waals surface area contributed by atoms with Crippen molar-refractivity contribution in [3.05, 3.63) is 23.8 Å². The van der Waals surface area contributed by atoms with Gasteiger partial charge in [-0.15, -0.1) is 0 Å². The summed E-state index contributed by atoms with van der Waals surface area (Å²) in [6, 6.07) is 3.59. The Morgan fingerprint density at radius 2 is 1.93 bits per heavy atom. The van der Waals surface area contributed by atoms with E-state index < -0.39 is 31.6 Å². The molecule has 9 nitrogen and oxygen atoms in total. The first-order valence-corrected chi connectivity index (χ1v) is 8.33. The molecule has 0 radical (unpaired) electrons. The molecule has 1 fully saturated rings. The van der Waals surface area contributed by atoms with Crippen LogP contribution in [0.1, 0.15) is 10.4 Å². The summed E-state index contributed by atoms with van der Waals surface area (Å²) in [4.78, 5) is 37.2. The topological polar surface area (TPSA) is 103 Å². The summed E-state index contributed by atoms with van der Waals surface area (Å²) < 4.78 is 43.8. The maximum atomic E-state index is 12.3. The molecule has 2 rings (SSSR count). The van der Waals surface area contributed by atoms with E-state index in [0.717, 1.165) is 6.07 Å². The molecule has 1 aromatic carbocycles. The van der Waals surface area contributed by atoms with Gasteiger partial charge in [-0.3, -0.25) is 14.4 Å². The fourth-order valence-corrected chi connectivity index (χ4v) is 2.35. The van der Waals surface area contributed by atoms with E-state index in [9.17, 15) is 23.2 Å². The van der Waals surface area contributed by atoms with Crippen molar-refractivity contribution in [1.29, 1.82) is 0 Å². The third kappa shape index (κ3) is 6.34. The molecule has 28 heavy (non-hydrogen) atoms. The highest BCUT2D eigenvalue weighted by Crippen LogP contribution is 2.29. The summed E-state index contributed by atoms with van der Waals surface area (Å²) in [5.74, 6) is -2.08. The SMILES string of the molecule is COc1cc(C(=O)NCC(=O)OCC(=O)N2CCOCC2)ccc1OC(F)F. The zero-order chi connectivity index (χ0) is 20.5. The minimum Gasteiger partial charge on any atom is -0.493 e. The van der Waals surface area contributed by atoms with E-state index >= 15 is 0 Å². The number of nitrogens with one attached hydrogen (secondary N) is 1. The van der Waals surface area contributed by atoms with E-state index in [1.54, 1.807) is 0 Å². The zero-order valence-electron chi connectivity index (χ0n) is 15.1.